The lowest BCUT2D eigenvalue weighted by molar-refractivity contribution is 0.0963. The Hall–Kier alpha value is -3.62. The van der Waals surface area contributed by atoms with Crippen LogP contribution in [0.5, 0.6) is 5.75 Å². The molecule has 33 heavy (non-hydrogen) atoms. The van der Waals surface area contributed by atoms with Gasteiger partial charge in [0.2, 0.25) is 5.43 Å². The van der Waals surface area contributed by atoms with Crippen molar-refractivity contribution in [2.24, 2.45) is 0 Å². The molecule has 0 fully saturated rings. The van der Waals surface area contributed by atoms with Gasteiger partial charge < -0.3 is 13.9 Å². The highest BCUT2D eigenvalue weighted by atomic mass is 35.5. The van der Waals surface area contributed by atoms with Gasteiger partial charge in [-0.05, 0) is 49.4 Å². The van der Waals surface area contributed by atoms with Crippen molar-refractivity contribution in [3.8, 4) is 16.9 Å². The number of nitrogens with one attached hydrogen (secondary N) is 1. The molecule has 0 aliphatic rings. The molecule has 0 unspecified atom stereocenters. The molecule has 9 heteroatoms. The number of carbonyl (C=O) groups is 1. The minimum absolute atomic E-state index is 0.0223. The molecular formula is C24H18ClNO6S. The number of carbonyl (C=O) groups excluding carboxylic acids is 1. The van der Waals surface area contributed by atoms with Gasteiger partial charge in [-0.25, -0.2) is 0 Å². The fourth-order valence-electron chi connectivity index (χ4n) is 3.41. The lowest BCUT2D eigenvalue weighted by atomic mass is 10.0. The lowest BCUT2D eigenvalue weighted by Crippen LogP contribution is -2.18. The molecule has 0 spiro atoms. The molecule has 0 aliphatic heterocycles. The Bertz CT molecular complexity index is 1540. The quantitative estimate of drug-likeness (QED) is 0.418. The Morgan fingerprint density at radius 3 is 2.39 bits per heavy atom. The Balaban J connectivity index is 1.70. The van der Waals surface area contributed by atoms with E-state index < -0.39 is 10.1 Å². The first-order valence-corrected chi connectivity index (χ1v) is 11.6. The van der Waals surface area contributed by atoms with E-state index in [4.69, 9.17) is 20.2 Å². The second-order valence-electron chi connectivity index (χ2n) is 7.14. The summed E-state index contributed by atoms with van der Waals surface area (Å²) in [6.07, 6.45) is 0. The first-order chi connectivity index (χ1) is 15.7. The summed E-state index contributed by atoms with van der Waals surface area (Å²) in [7, 11) is -2.70. The lowest BCUT2D eigenvalue weighted by Gasteiger charge is -2.11. The third-order valence-corrected chi connectivity index (χ3v) is 6.61. The van der Waals surface area contributed by atoms with E-state index in [2.05, 4.69) is 5.32 Å². The van der Waals surface area contributed by atoms with E-state index in [1.165, 1.54) is 49.5 Å². The van der Waals surface area contributed by atoms with E-state index in [1.807, 2.05) is 0 Å². The number of amides is 1. The number of benzene rings is 3. The number of fused-ring (bicyclic) bond motifs is 1. The summed E-state index contributed by atoms with van der Waals surface area (Å²) in [4.78, 5) is 24.6. The highest BCUT2D eigenvalue weighted by Gasteiger charge is 2.20. The van der Waals surface area contributed by atoms with Gasteiger partial charge in [-0.15, -0.1) is 0 Å². The van der Waals surface area contributed by atoms with Gasteiger partial charge in [0.15, 0.2) is 0 Å². The predicted octanol–water partition coefficient (Wildman–Crippen LogP) is 4.55. The summed E-state index contributed by atoms with van der Waals surface area (Å²) in [5.41, 5.74) is 1.09. The van der Waals surface area contributed by atoms with Crippen molar-refractivity contribution in [2.45, 2.75) is 11.8 Å². The van der Waals surface area contributed by atoms with Crippen LogP contribution in [0.25, 0.3) is 22.1 Å². The predicted molar refractivity (Wildman–Crippen MR) is 125 cm³/mol. The van der Waals surface area contributed by atoms with Gasteiger partial charge in [0.1, 0.15) is 22.0 Å². The van der Waals surface area contributed by atoms with Crippen molar-refractivity contribution in [1.29, 1.82) is 0 Å². The number of halogens is 1. The zero-order chi connectivity index (χ0) is 23.8. The molecule has 1 amide bonds. The van der Waals surface area contributed by atoms with Crippen molar-refractivity contribution < 1.29 is 21.8 Å². The van der Waals surface area contributed by atoms with Gasteiger partial charge in [-0.3, -0.25) is 9.59 Å². The first kappa shape index (κ1) is 22.6. The smallest absolute Gasteiger partial charge is 0.339 e. The molecule has 0 atom stereocenters. The first-order valence-electron chi connectivity index (χ1n) is 9.80. The summed E-state index contributed by atoms with van der Waals surface area (Å²) in [6.45, 7) is 1.64. The summed E-state index contributed by atoms with van der Waals surface area (Å²) in [5.74, 6) is -0.0210. The van der Waals surface area contributed by atoms with Crippen molar-refractivity contribution in [3.63, 3.8) is 0 Å². The van der Waals surface area contributed by atoms with E-state index >= 15 is 0 Å². The molecule has 168 valence electrons. The van der Waals surface area contributed by atoms with Crippen LogP contribution in [0.15, 0.2) is 80.8 Å². The van der Waals surface area contributed by atoms with Crippen LogP contribution in [0.3, 0.4) is 0 Å². The number of rotatable bonds is 5. The van der Waals surface area contributed by atoms with Crippen LogP contribution in [0, 0.1) is 6.92 Å². The number of hydrogen-bond donors (Lipinski definition) is 1. The van der Waals surface area contributed by atoms with Crippen LogP contribution < -0.4 is 14.9 Å². The van der Waals surface area contributed by atoms with E-state index in [0.29, 0.717) is 27.5 Å². The molecular weight excluding hydrogens is 466 g/mol. The monoisotopic (exact) mass is 483 g/mol. The maximum Gasteiger partial charge on any atom is 0.339 e. The Morgan fingerprint density at radius 2 is 1.73 bits per heavy atom. The van der Waals surface area contributed by atoms with Gasteiger partial charge >= 0.3 is 10.1 Å². The van der Waals surface area contributed by atoms with E-state index in [1.54, 1.807) is 31.2 Å². The minimum Gasteiger partial charge on any atom is -0.460 e. The van der Waals surface area contributed by atoms with E-state index in [9.17, 15) is 18.0 Å². The number of hydrogen-bond acceptors (Lipinski definition) is 6. The van der Waals surface area contributed by atoms with Crippen LogP contribution in [0.2, 0.25) is 5.02 Å². The van der Waals surface area contributed by atoms with Crippen molar-refractivity contribution in [2.75, 3.05) is 7.05 Å². The Labute approximate surface area is 194 Å². The SMILES string of the molecule is CNC(=O)c1ccc(S(=O)(=O)Oc2ccc3c(=O)c(-c4ccccc4Cl)c(C)oc3c2)cc1. The van der Waals surface area contributed by atoms with Gasteiger partial charge in [-0.1, -0.05) is 29.8 Å². The average molecular weight is 484 g/mol. The fourth-order valence-corrected chi connectivity index (χ4v) is 4.56. The highest BCUT2D eigenvalue weighted by molar-refractivity contribution is 7.87. The van der Waals surface area contributed by atoms with Crippen molar-refractivity contribution >= 4 is 38.6 Å². The summed E-state index contributed by atoms with van der Waals surface area (Å²) in [5, 5.41) is 3.14. The topological polar surface area (TPSA) is 103 Å². The molecule has 4 rings (SSSR count). The highest BCUT2D eigenvalue weighted by Crippen LogP contribution is 2.31. The summed E-state index contributed by atoms with van der Waals surface area (Å²) < 4.78 is 36.4. The van der Waals surface area contributed by atoms with Crippen LogP contribution in [0.1, 0.15) is 16.1 Å². The normalized spacial score (nSPS) is 11.4. The second kappa shape index (κ2) is 8.73. The molecule has 1 aromatic heterocycles. The molecule has 0 radical (unpaired) electrons. The standard InChI is InChI=1S/C24H18ClNO6S/c1-14-22(18-5-3-4-6-20(18)25)23(27)19-12-9-16(13-21(19)31-14)32-33(29,30)17-10-7-15(8-11-17)24(28)26-2/h3-13H,1-2H3,(H,26,28). The summed E-state index contributed by atoms with van der Waals surface area (Å²) >= 11 is 6.26. The molecule has 0 aliphatic carbocycles. The molecule has 0 saturated heterocycles. The molecule has 1 heterocycles. The largest absolute Gasteiger partial charge is 0.460 e. The molecule has 0 bridgehead atoms. The number of aryl methyl sites for hydroxylation is 1. The zero-order valence-corrected chi connectivity index (χ0v) is 19.2. The molecule has 7 nitrogen and oxygen atoms in total. The van der Waals surface area contributed by atoms with E-state index in [-0.39, 0.29) is 33.0 Å². The van der Waals surface area contributed by atoms with Crippen LogP contribution >= 0.6 is 11.6 Å². The van der Waals surface area contributed by atoms with Gasteiger partial charge in [0.25, 0.3) is 5.91 Å². The summed E-state index contributed by atoms with van der Waals surface area (Å²) in [6, 6.07) is 16.4. The maximum absolute atomic E-state index is 13.1. The van der Waals surface area contributed by atoms with Crippen molar-refractivity contribution in [3.05, 3.63) is 93.3 Å². The minimum atomic E-state index is -4.18. The maximum atomic E-state index is 13.1. The average Bonchev–Trinajstić information content (AvgIpc) is 2.79. The van der Waals surface area contributed by atoms with E-state index in [0.717, 1.165) is 0 Å². The molecule has 4 aromatic rings. The van der Waals surface area contributed by atoms with Gasteiger partial charge in [0, 0.05) is 29.3 Å². The van der Waals surface area contributed by atoms with Crippen molar-refractivity contribution in [1.82, 2.24) is 5.32 Å². The van der Waals surface area contributed by atoms with Gasteiger partial charge in [0.05, 0.1) is 10.9 Å². The van der Waals surface area contributed by atoms with Crippen LogP contribution in [-0.2, 0) is 10.1 Å². The zero-order valence-electron chi connectivity index (χ0n) is 17.6. The third-order valence-electron chi connectivity index (χ3n) is 5.02. The van der Waals surface area contributed by atoms with Crippen LogP contribution in [0.4, 0.5) is 0 Å². The Morgan fingerprint density at radius 1 is 1.03 bits per heavy atom. The molecule has 3 aromatic carbocycles. The van der Waals surface area contributed by atoms with Crippen LogP contribution in [-0.4, -0.2) is 21.4 Å². The third kappa shape index (κ3) is 4.35. The molecule has 1 N–H and O–H groups in total. The van der Waals surface area contributed by atoms with Gasteiger partial charge in [-0.2, -0.15) is 8.42 Å². The second-order valence-corrected chi connectivity index (χ2v) is 9.09. The fraction of sp³-hybridized carbons (Fsp3) is 0.0833. The Kier molecular flexibility index (Phi) is 5.97. The molecule has 0 saturated carbocycles.